The molecule has 0 saturated heterocycles. The minimum atomic E-state index is -3.20. The molecule has 0 atom stereocenters. The Labute approximate surface area is 155 Å². The van der Waals surface area contributed by atoms with E-state index < -0.39 is 9.84 Å². The Hall–Kier alpha value is -2.40. The van der Waals surface area contributed by atoms with Crippen LogP contribution in [0.4, 0.5) is 0 Å². The van der Waals surface area contributed by atoms with Crippen molar-refractivity contribution in [2.45, 2.75) is 37.7 Å². The molecule has 2 aromatic rings. The van der Waals surface area contributed by atoms with E-state index >= 15 is 0 Å². The smallest absolute Gasteiger partial charge is 0.175 e. The second-order valence-electron chi connectivity index (χ2n) is 7.43. The fourth-order valence-corrected chi connectivity index (χ4v) is 3.41. The van der Waals surface area contributed by atoms with Gasteiger partial charge in [-0.2, -0.15) is 0 Å². The third-order valence-corrected chi connectivity index (χ3v) is 5.19. The molecule has 0 aromatic heterocycles. The molecule has 0 bridgehead atoms. The van der Waals surface area contributed by atoms with Gasteiger partial charge in [-0.3, -0.25) is 0 Å². The van der Waals surface area contributed by atoms with E-state index in [1.54, 1.807) is 12.1 Å². The molecule has 1 aliphatic rings. The van der Waals surface area contributed by atoms with Crippen molar-refractivity contribution in [3.8, 4) is 0 Å². The third kappa shape index (κ3) is 4.05. The molecule has 0 aliphatic heterocycles. The van der Waals surface area contributed by atoms with Crippen LogP contribution >= 0.6 is 0 Å². The van der Waals surface area contributed by atoms with E-state index in [0.29, 0.717) is 11.3 Å². The van der Waals surface area contributed by atoms with E-state index in [0.717, 1.165) is 28.0 Å². The Balaban J connectivity index is 2.02. The summed E-state index contributed by atoms with van der Waals surface area (Å²) in [4.78, 5) is 5.93. The maximum atomic E-state index is 11.7. The molecule has 3 rings (SSSR count). The molecule has 0 N–H and O–H groups in total. The average Bonchev–Trinajstić information content (AvgIpc) is 2.53. The van der Waals surface area contributed by atoms with Gasteiger partial charge in [-0.05, 0) is 49.6 Å². The topological polar surface area (TPSA) is 55.7 Å². The van der Waals surface area contributed by atoms with Crippen LogP contribution in [0.3, 0.4) is 0 Å². The number of benzene rings is 2. The van der Waals surface area contributed by atoms with Crippen molar-refractivity contribution < 1.29 is 13.3 Å². The largest absolute Gasteiger partial charge is 0.390 e. The van der Waals surface area contributed by atoms with Crippen LogP contribution in [0.1, 0.15) is 38.3 Å². The zero-order valence-corrected chi connectivity index (χ0v) is 16.3. The minimum Gasteiger partial charge on any atom is -0.390 e. The van der Waals surface area contributed by atoms with Crippen molar-refractivity contribution in [1.82, 2.24) is 0 Å². The van der Waals surface area contributed by atoms with Gasteiger partial charge in [0.25, 0.3) is 0 Å². The molecule has 0 fully saturated rings. The van der Waals surface area contributed by atoms with Crippen molar-refractivity contribution in [3.63, 3.8) is 0 Å². The maximum absolute atomic E-state index is 11.7. The monoisotopic (exact) mass is 369 g/mol. The van der Waals surface area contributed by atoms with Gasteiger partial charge in [-0.1, -0.05) is 47.6 Å². The first-order valence-corrected chi connectivity index (χ1v) is 10.4. The highest BCUT2D eigenvalue weighted by atomic mass is 32.2. The standard InChI is InChI=1S/C21H23NO3S/c1-21(2,3)25-22-19-14-18(20(19)16-8-6-5-7-9-16)15-10-12-17(13-11-15)26(4,23)24/h5-13H,14H2,1-4H3/b22-19+. The first-order chi connectivity index (χ1) is 12.1. The SMILES string of the molecule is CC(C)(C)O/N=C1\CC(c2ccc(S(C)(=O)=O)cc2)=C1c1ccccc1. The Morgan fingerprint density at radius 2 is 1.54 bits per heavy atom. The van der Waals surface area contributed by atoms with Gasteiger partial charge in [0.1, 0.15) is 5.60 Å². The van der Waals surface area contributed by atoms with Crippen LogP contribution in [0.5, 0.6) is 0 Å². The molecule has 136 valence electrons. The van der Waals surface area contributed by atoms with Gasteiger partial charge in [0, 0.05) is 18.2 Å². The molecule has 5 heteroatoms. The number of sulfone groups is 1. The molecule has 0 spiro atoms. The van der Waals surface area contributed by atoms with Gasteiger partial charge in [-0.15, -0.1) is 0 Å². The average molecular weight is 369 g/mol. The van der Waals surface area contributed by atoms with Gasteiger partial charge in [-0.25, -0.2) is 8.42 Å². The van der Waals surface area contributed by atoms with Crippen LogP contribution < -0.4 is 0 Å². The molecule has 0 unspecified atom stereocenters. The highest BCUT2D eigenvalue weighted by Crippen LogP contribution is 2.41. The van der Waals surface area contributed by atoms with E-state index in [1.165, 1.54) is 6.26 Å². The molecule has 1 aliphatic carbocycles. The summed E-state index contributed by atoms with van der Waals surface area (Å²) < 4.78 is 23.3. The summed E-state index contributed by atoms with van der Waals surface area (Å²) in [6.07, 6.45) is 1.91. The van der Waals surface area contributed by atoms with E-state index in [2.05, 4.69) is 5.16 Å². The molecular formula is C21H23NO3S. The predicted octanol–water partition coefficient (Wildman–Crippen LogP) is 4.58. The lowest BCUT2D eigenvalue weighted by Crippen LogP contribution is -2.21. The number of rotatable bonds is 4. The Morgan fingerprint density at radius 3 is 2.08 bits per heavy atom. The number of oxime groups is 1. The van der Waals surface area contributed by atoms with Crippen molar-refractivity contribution >= 4 is 26.7 Å². The van der Waals surface area contributed by atoms with Crippen LogP contribution in [-0.4, -0.2) is 26.0 Å². The summed E-state index contributed by atoms with van der Waals surface area (Å²) in [5.74, 6) is 0. The number of hydrogen-bond donors (Lipinski definition) is 0. The first-order valence-electron chi connectivity index (χ1n) is 8.50. The number of allylic oxidation sites excluding steroid dienone is 2. The molecule has 0 heterocycles. The van der Waals surface area contributed by atoms with Crippen LogP contribution in [0.2, 0.25) is 0 Å². The number of hydrogen-bond acceptors (Lipinski definition) is 4. The lowest BCUT2D eigenvalue weighted by atomic mass is 9.78. The molecule has 26 heavy (non-hydrogen) atoms. The molecule has 0 amide bonds. The fraction of sp³-hybridized carbons (Fsp3) is 0.286. The van der Waals surface area contributed by atoms with Gasteiger partial charge in [0.15, 0.2) is 9.84 Å². The molecule has 0 saturated carbocycles. The summed E-state index contributed by atoms with van der Waals surface area (Å²) in [5.41, 5.74) is 4.85. The summed E-state index contributed by atoms with van der Waals surface area (Å²) in [7, 11) is -3.20. The molecular weight excluding hydrogens is 346 g/mol. The first kappa shape index (κ1) is 18.4. The highest BCUT2D eigenvalue weighted by Gasteiger charge is 2.29. The van der Waals surface area contributed by atoms with Gasteiger partial charge in [0.2, 0.25) is 0 Å². The fourth-order valence-electron chi connectivity index (χ4n) is 2.78. The van der Waals surface area contributed by atoms with Gasteiger partial charge >= 0.3 is 0 Å². The normalized spacial score (nSPS) is 16.5. The molecule has 2 aromatic carbocycles. The lowest BCUT2D eigenvalue weighted by Gasteiger charge is -2.28. The Bertz CT molecular complexity index is 964. The Kier molecular flexibility index (Phi) is 4.76. The lowest BCUT2D eigenvalue weighted by molar-refractivity contribution is 0.000892. The second kappa shape index (κ2) is 6.72. The zero-order chi connectivity index (χ0) is 18.9. The molecule has 0 radical (unpaired) electrons. The van der Waals surface area contributed by atoms with Crippen LogP contribution in [-0.2, 0) is 14.7 Å². The summed E-state index contributed by atoms with van der Waals surface area (Å²) in [6, 6.07) is 17.1. The maximum Gasteiger partial charge on any atom is 0.175 e. The summed E-state index contributed by atoms with van der Waals surface area (Å²) in [6.45, 7) is 5.89. The van der Waals surface area contributed by atoms with Crippen LogP contribution in [0.15, 0.2) is 64.6 Å². The van der Waals surface area contributed by atoms with E-state index in [-0.39, 0.29) is 5.60 Å². The van der Waals surface area contributed by atoms with Gasteiger partial charge < -0.3 is 4.84 Å². The van der Waals surface area contributed by atoms with Crippen LogP contribution in [0.25, 0.3) is 11.1 Å². The van der Waals surface area contributed by atoms with Crippen molar-refractivity contribution in [1.29, 1.82) is 0 Å². The predicted molar refractivity (Wildman–Crippen MR) is 106 cm³/mol. The Morgan fingerprint density at radius 1 is 0.923 bits per heavy atom. The van der Waals surface area contributed by atoms with E-state index in [9.17, 15) is 8.42 Å². The van der Waals surface area contributed by atoms with Crippen molar-refractivity contribution in [2.75, 3.05) is 6.26 Å². The second-order valence-corrected chi connectivity index (χ2v) is 9.45. The van der Waals surface area contributed by atoms with Crippen molar-refractivity contribution in [2.24, 2.45) is 5.16 Å². The highest BCUT2D eigenvalue weighted by molar-refractivity contribution is 7.90. The quantitative estimate of drug-likeness (QED) is 0.742. The van der Waals surface area contributed by atoms with Gasteiger partial charge in [0.05, 0.1) is 10.6 Å². The van der Waals surface area contributed by atoms with Crippen molar-refractivity contribution in [3.05, 3.63) is 65.7 Å². The summed E-state index contributed by atoms with van der Waals surface area (Å²) >= 11 is 0. The summed E-state index contributed by atoms with van der Waals surface area (Å²) in [5, 5.41) is 4.35. The van der Waals surface area contributed by atoms with E-state index in [1.807, 2.05) is 63.2 Å². The van der Waals surface area contributed by atoms with E-state index in [4.69, 9.17) is 4.84 Å². The third-order valence-electron chi connectivity index (χ3n) is 4.06. The number of nitrogens with zero attached hydrogens (tertiary/aromatic N) is 1. The zero-order valence-electron chi connectivity index (χ0n) is 15.5. The van der Waals surface area contributed by atoms with Crippen LogP contribution in [0, 0.1) is 0 Å². The molecule has 4 nitrogen and oxygen atoms in total. The minimum absolute atomic E-state index is 0.326.